The summed E-state index contributed by atoms with van der Waals surface area (Å²) in [5.41, 5.74) is 1.46. The van der Waals surface area contributed by atoms with Gasteiger partial charge in [0.05, 0.1) is 6.61 Å². The van der Waals surface area contributed by atoms with Gasteiger partial charge in [0, 0.05) is 5.46 Å². The zero-order valence-electron chi connectivity index (χ0n) is 10.2. The Morgan fingerprint density at radius 1 is 1.29 bits per heavy atom. The molecule has 0 atom stereocenters. The maximum absolute atomic E-state index is 9.30. The van der Waals surface area contributed by atoms with E-state index in [1.165, 1.54) is 25.7 Å². The molecule has 4 heteroatoms. The van der Waals surface area contributed by atoms with E-state index in [2.05, 4.69) is 0 Å². The highest BCUT2D eigenvalue weighted by molar-refractivity contribution is 6.59. The van der Waals surface area contributed by atoms with Crippen molar-refractivity contribution in [3.05, 3.63) is 23.8 Å². The van der Waals surface area contributed by atoms with Gasteiger partial charge in [0.15, 0.2) is 0 Å². The number of rotatable bonds is 4. The highest BCUT2D eigenvalue weighted by Crippen LogP contribution is 2.25. The normalized spacial score (nSPS) is 16.2. The van der Waals surface area contributed by atoms with E-state index in [-0.39, 0.29) is 0 Å². The highest BCUT2D eigenvalue weighted by atomic mass is 16.5. The minimum absolute atomic E-state index is 0.461. The van der Waals surface area contributed by atoms with Crippen LogP contribution in [0, 0.1) is 12.8 Å². The number of benzene rings is 1. The zero-order valence-corrected chi connectivity index (χ0v) is 10.2. The van der Waals surface area contributed by atoms with Crippen LogP contribution in [-0.2, 0) is 0 Å². The maximum Gasteiger partial charge on any atom is 0.492 e. The summed E-state index contributed by atoms with van der Waals surface area (Å²) < 4.78 is 5.72. The van der Waals surface area contributed by atoms with E-state index in [9.17, 15) is 10.0 Å². The SMILES string of the molecule is Cc1ccc(OCC2CCCC2)c(B(O)O)c1. The Morgan fingerprint density at radius 2 is 2.00 bits per heavy atom. The first-order valence-electron chi connectivity index (χ1n) is 6.26. The summed E-state index contributed by atoms with van der Waals surface area (Å²) in [7, 11) is -1.46. The number of ether oxygens (including phenoxy) is 1. The molecule has 2 N–H and O–H groups in total. The minimum Gasteiger partial charge on any atom is -0.494 e. The Kier molecular flexibility index (Phi) is 4.08. The van der Waals surface area contributed by atoms with Crippen molar-refractivity contribution in [3.63, 3.8) is 0 Å². The molecule has 0 aromatic heterocycles. The third kappa shape index (κ3) is 3.24. The molecule has 2 rings (SSSR count). The van der Waals surface area contributed by atoms with Crippen LogP contribution >= 0.6 is 0 Å². The number of aryl methyl sites for hydroxylation is 1. The molecule has 0 saturated heterocycles. The second-order valence-corrected chi connectivity index (χ2v) is 4.88. The summed E-state index contributed by atoms with van der Waals surface area (Å²) in [4.78, 5) is 0. The molecule has 3 nitrogen and oxygen atoms in total. The lowest BCUT2D eigenvalue weighted by Gasteiger charge is -2.15. The van der Waals surface area contributed by atoms with Gasteiger partial charge in [-0.2, -0.15) is 0 Å². The summed E-state index contributed by atoms with van der Waals surface area (Å²) in [6.07, 6.45) is 5.03. The lowest BCUT2D eigenvalue weighted by Crippen LogP contribution is -2.32. The molecule has 0 amide bonds. The van der Waals surface area contributed by atoms with Gasteiger partial charge in [0.1, 0.15) is 5.75 Å². The summed E-state index contributed by atoms with van der Waals surface area (Å²) >= 11 is 0. The third-order valence-electron chi connectivity index (χ3n) is 3.39. The molecule has 1 saturated carbocycles. The third-order valence-corrected chi connectivity index (χ3v) is 3.39. The van der Waals surface area contributed by atoms with Crippen molar-refractivity contribution < 1.29 is 14.8 Å². The maximum atomic E-state index is 9.30. The van der Waals surface area contributed by atoms with Gasteiger partial charge in [-0.3, -0.25) is 0 Å². The molecule has 1 aromatic carbocycles. The molecule has 92 valence electrons. The Balaban J connectivity index is 2.03. The second kappa shape index (κ2) is 5.56. The Bertz CT molecular complexity index is 373. The minimum atomic E-state index is -1.46. The zero-order chi connectivity index (χ0) is 12.3. The molecule has 1 fully saturated rings. The summed E-state index contributed by atoms with van der Waals surface area (Å²) in [5.74, 6) is 1.22. The molecule has 0 bridgehead atoms. The molecule has 0 radical (unpaired) electrons. The second-order valence-electron chi connectivity index (χ2n) is 4.88. The van der Waals surface area contributed by atoms with Gasteiger partial charge in [-0.1, -0.05) is 30.5 Å². The van der Waals surface area contributed by atoms with Gasteiger partial charge in [0.2, 0.25) is 0 Å². The van der Waals surface area contributed by atoms with E-state index in [1.54, 1.807) is 6.07 Å². The number of hydrogen-bond acceptors (Lipinski definition) is 3. The Hall–Kier alpha value is -0.995. The van der Waals surface area contributed by atoms with Crippen molar-refractivity contribution >= 4 is 12.6 Å². The molecule has 0 aliphatic heterocycles. The predicted molar refractivity (Wildman–Crippen MR) is 68.5 cm³/mol. The lowest BCUT2D eigenvalue weighted by atomic mass is 9.79. The molecule has 0 unspecified atom stereocenters. The van der Waals surface area contributed by atoms with Crippen LogP contribution in [0.1, 0.15) is 31.2 Å². The highest BCUT2D eigenvalue weighted by Gasteiger charge is 2.20. The van der Waals surface area contributed by atoms with Crippen LogP contribution < -0.4 is 10.2 Å². The molecule has 0 spiro atoms. The van der Waals surface area contributed by atoms with Crippen LogP contribution in [0.3, 0.4) is 0 Å². The molecular formula is C13H19BO3. The Morgan fingerprint density at radius 3 is 2.65 bits per heavy atom. The first-order valence-corrected chi connectivity index (χ1v) is 6.26. The average Bonchev–Trinajstić information content (AvgIpc) is 2.80. The molecule has 0 heterocycles. The largest absolute Gasteiger partial charge is 0.494 e. The summed E-state index contributed by atoms with van der Waals surface area (Å²) in [5, 5.41) is 18.6. The van der Waals surface area contributed by atoms with Gasteiger partial charge in [0.25, 0.3) is 0 Å². The van der Waals surface area contributed by atoms with Crippen LogP contribution in [0.5, 0.6) is 5.75 Å². The fourth-order valence-electron chi connectivity index (χ4n) is 2.39. The van der Waals surface area contributed by atoms with Crippen molar-refractivity contribution in [2.24, 2.45) is 5.92 Å². The predicted octanol–water partition coefficient (Wildman–Crippen LogP) is 1.24. The topological polar surface area (TPSA) is 49.7 Å². The van der Waals surface area contributed by atoms with Crippen LogP contribution in [0.2, 0.25) is 0 Å². The van der Waals surface area contributed by atoms with Gasteiger partial charge in [-0.25, -0.2) is 0 Å². The first kappa shape index (κ1) is 12.5. The molecular weight excluding hydrogens is 215 g/mol. The molecule has 1 aromatic rings. The lowest BCUT2D eigenvalue weighted by molar-refractivity contribution is 0.253. The van der Waals surface area contributed by atoms with Crippen LogP contribution in [0.15, 0.2) is 18.2 Å². The van der Waals surface area contributed by atoms with E-state index in [0.29, 0.717) is 23.7 Å². The standard InChI is InChI=1S/C13H19BO3/c1-10-6-7-13(12(8-10)14(15)16)17-9-11-4-2-3-5-11/h6-8,11,15-16H,2-5,9H2,1H3. The van der Waals surface area contributed by atoms with Gasteiger partial charge >= 0.3 is 7.12 Å². The first-order chi connectivity index (χ1) is 8.16. The quantitative estimate of drug-likeness (QED) is 0.770. The fraction of sp³-hybridized carbons (Fsp3) is 0.538. The van der Waals surface area contributed by atoms with E-state index < -0.39 is 7.12 Å². The summed E-state index contributed by atoms with van der Waals surface area (Å²) in [6, 6.07) is 5.50. The van der Waals surface area contributed by atoms with Crippen molar-refractivity contribution in [2.75, 3.05) is 6.61 Å². The van der Waals surface area contributed by atoms with Gasteiger partial charge in [-0.05, 0) is 31.7 Å². The van der Waals surface area contributed by atoms with Crippen molar-refractivity contribution in [1.29, 1.82) is 0 Å². The van der Waals surface area contributed by atoms with E-state index in [1.807, 2.05) is 19.1 Å². The monoisotopic (exact) mass is 234 g/mol. The van der Waals surface area contributed by atoms with Crippen LogP contribution in [0.25, 0.3) is 0 Å². The smallest absolute Gasteiger partial charge is 0.492 e. The van der Waals surface area contributed by atoms with E-state index in [0.717, 1.165) is 5.56 Å². The molecule has 1 aliphatic rings. The summed E-state index contributed by atoms with van der Waals surface area (Å²) in [6.45, 7) is 2.61. The van der Waals surface area contributed by atoms with Gasteiger partial charge in [-0.15, -0.1) is 0 Å². The van der Waals surface area contributed by atoms with Gasteiger partial charge < -0.3 is 14.8 Å². The van der Waals surface area contributed by atoms with E-state index in [4.69, 9.17) is 4.74 Å². The molecule has 17 heavy (non-hydrogen) atoms. The van der Waals surface area contributed by atoms with Crippen LogP contribution in [0.4, 0.5) is 0 Å². The Labute approximate surface area is 103 Å². The average molecular weight is 234 g/mol. The fourth-order valence-corrected chi connectivity index (χ4v) is 2.39. The van der Waals surface area contributed by atoms with Crippen molar-refractivity contribution in [3.8, 4) is 5.75 Å². The molecule has 1 aliphatic carbocycles. The number of hydrogen-bond donors (Lipinski definition) is 2. The van der Waals surface area contributed by atoms with Crippen molar-refractivity contribution in [1.82, 2.24) is 0 Å². The van der Waals surface area contributed by atoms with Crippen LogP contribution in [-0.4, -0.2) is 23.8 Å². The van der Waals surface area contributed by atoms with E-state index >= 15 is 0 Å². The van der Waals surface area contributed by atoms with Crippen molar-refractivity contribution in [2.45, 2.75) is 32.6 Å².